The summed E-state index contributed by atoms with van der Waals surface area (Å²) in [5.41, 5.74) is 10.0. The standard InChI is InChI=1S/C22H22N4O3/c1-13-5-3-4-6-18(13)26-22-21(14(2)25-26)17(11-20(28)24-22)15-7-9-16(10-8-15)29-12-19(23)27/h3-10,17H,11-12H2,1-2H3,(H2,23,27)(H,24,28)/t17-/m1/s1. The molecule has 2 amide bonds. The Bertz CT molecular complexity index is 1090. The topological polar surface area (TPSA) is 99.2 Å². The Morgan fingerprint density at radius 3 is 2.62 bits per heavy atom. The first-order valence-electron chi connectivity index (χ1n) is 9.40. The highest BCUT2D eigenvalue weighted by Gasteiger charge is 2.32. The Balaban J connectivity index is 1.73. The third-order valence-electron chi connectivity index (χ3n) is 5.11. The van der Waals surface area contributed by atoms with Gasteiger partial charge in [-0.3, -0.25) is 9.59 Å². The fourth-order valence-electron chi connectivity index (χ4n) is 3.76. The molecule has 0 aliphatic carbocycles. The van der Waals surface area contributed by atoms with Crippen molar-refractivity contribution < 1.29 is 14.3 Å². The lowest BCUT2D eigenvalue weighted by Gasteiger charge is -2.24. The van der Waals surface area contributed by atoms with Crippen LogP contribution in [0.1, 0.15) is 34.7 Å². The van der Waals surface area contributed by atoms with Gasteiger partial charge in [0.2, 0.25) is 5.91 Å². The van der Waals surface area contributed by atoms with Crippen LogP contribution in [0.25, 0.3) is 5.69 Å². The van der Waals surface area contributed by atoms with E-state index in [4.69, 9.17) is 15.6 Å². The van der Waals surface area contributed by atoms with E-state index in [9.17, 15) is 9.59 Å². The molecule has 1 aliphatic rings. The van der Waals surface area contributed by atoms with Crippen molar-refractivity contribution in [2.75, 3.05) is 11.9 Å². The SMILES string of the molecule is Cc1ccccc1-n1nc(C)c2c1NC(=O)C[C@@H]2c1ccc(OCC(N)=O)cc1. The summed E-state index contributed by atoms with van der Waals surface area (Å²) >= 11 is 0. The molecule has 1 atom stereocenters. The van der Waals surface area contributed by atoms with Crippen molar-refractivity contribution in [3.8, 4) is 11.4 Å². The van der Waals surface area contributed by atoms with E-state index >= 15 is 0 Å². The van der Waals surface area contributed by atoms with Gasteiger partial charge in [-0.05, 0) is 43.2 Å². The zero-order chi connectivity index (χ0) is 20.5. The van der Waals surface area contributed by atoms with E-state index in [1.54, 1.807) is 12.1 Å². The van der Waals surface area contributed by atoms with Gasteiger partial charge in [0.15, 0.2) is 6.61 Å². The van der Waals surface area contributed by atoms with Gasteiger partial charge in [-0.2, -0.15) is 5.10 Å². The molecule has 1 aromatic heterocycles. The number of ether oxygens (including phenoxy) is 1. The van der Waals surface area contributed by atoms with E-state index in [1.807, 2.05) is 54.9 Å². The van der Waals surface area contributed by atoms with Crippen molar-refractivity contribution in [1.29, 1.82) is 0 Å². The van der Waals surface area contributed by atoms with Crippen LogP contribution < -0.4 is 15.8 Å². The molecule has 1 aliphatic heterocycles. The molecular weight excluding hydrogens is 368 g/mol. The molecule has 0 unspecified atom stereocenters. The number of hydrogen-bond donors (Lipinski definition) is 2. The van der Waals surface area contributed by atoms with Crippen LogP contribution in [0.5, 0.6) is 5.75 Å². The first kappa shape index (κ1) is 18.7. The molecule has 0 bridgehead atoms. The average molecular weight is 390 g/mol. The highest BCUT2D eigenvalue weighted by Crippen LogP contribution is 2.40. The third-order valence-corrected chi connectivity index (χ3v) is 5.11. The summed E-state index contributed by atoms with van der Waals surface area (Å²) in [5, 5.41) is 7.73. The number of primary amides is 1. The number of nitrogens with one attached hydrogen (secondary N) is 1. The predicted octanol–water partition coefficient (Wildman–Crippen LogP) is 2.83. The lowest BCUT2D eigenvalue weighted by Crippen LogP contribution is -2.25. The number of carbonyl (C=O) groups is 2. The number of hydrogen-bond acceptors (Lipinski definition) is 4. The van der Waals surface area contributed by atoms with E-state index in [-0.39, 0.29) is 18.4 Å². The third kappa shape index (κ3) is 3.59. The molecule has 2 aromatic carbocycles. The van der Waals surface area contributed by atoms with Crippen molar-refractivity contribution in [1.82, 2.24) is 9.78 Å². The summed E-state index contributed by atoms with van der Waals surface area (Å²) in [6, 6.07) is 15.3. The molecule has 4 rings (SSSR count). The number of nitrogens with two attached hydrogens (primary N) is 1. The molecule has 0 fully saturated rings. The Morgan fingerprint density at radius 2 is 1.93 bits per heavy atom. The first-order chi connectivity index (χ1) is 13.9. The number of carbonyl (C=O) groups excluding carboxylic acids is 2. The van der Waals surface area contributed by atoms with Gasteiger partial charge >= 0.3 is 0 Å². The molecule has 3 N–H and O–H groups in total. The molecular formula is C22H22N4O3. The van der Waals surface area contributed by atoms with Gasteiger partial charge in [0.1, 0.15) is 11.6 Å². The summed E-state index contributed by atoms with van der Waals surface area (Å²) < 4.78 is 7.14. The van der Waals surface area contributed by atoms with Crippen molar-refractivity contribution in [2.45, 2.75) is 26.2 Å². The van der Waals surface area contributed by atoms with Crippen molar-refractivity contribution in [3.63, 3.8) is 0 Å². The second kappa shape index (κ2) is 7.43. The number of nitrogens with zero attached hydrogens (tertiary/aromatic N) is 2. The predicted molar refractivity (Wildman–Crippen MR) is 109 cm³/mol. The minimum atomic E-state index is -0.526. The smallest absolute Gasteiger partial charge is 0.255 e. The van der Waals surface area contributed by atoms with Gasteiger partial charge in [-0.15, -0.1) is 0 Å². The average Bonchev–Trinajstić information content (AvgIpc) is 3.02. The monoisotopic (exact) mass is 390 g/mol. The summed E-state index contributed by atoms with van der Waals surface area (Å²) in [6.45, 7) is 3.81. The maximum absolute atomic E-state index is 12.5. The number of fused-ring (bicyclic) bond motifs is 1. The number of aryl methyl sites for hydroxylation is 2. The van der Waals surface area contributed by atoms with E-state index in [1.165, 1.54) is 0 Å². The highest BCUT2D eigenvalue weighted by molar-refractivity contribution is 5.95. The van der Waals surface area contributed by atoms with Crippen molar-refractivity contribution in [2.24, 2.45) is 5.73 Å². The summed E-state index contributed by atoms with van der Waals surface area (Å²) in [6.07, 6.45) is 0.342. The van der Waals surface area contributed by atoms with Crippen LogP contribution in [0.3, 0.4) is 0 Å². The van der Waals surface area contributed by atoms with Crippen LogP contribution in [0, 0.1) is 13.8 Å². The molecule has 7 nitrogen and oxygen atoms in total. The Labute approximate surface area is 168 Å². The molecule has 0 saturated heterocycles. The minimum Gasteiger partial charge on any atom is -0.484 e. The van der Waals surface area contributed by atoms with Gasteiger partial charge < -0.3 is 15.8 Å². The molecule has 148 valence electrons. The van der Waals surface area contributed by atoms with E-state index < -0.39 is 5.91 Å². The summed E-state index contributed by atoms with van der Waals surface area (Å²) in [5.74, 6) is 0.586. The fourth-order valence-corrected chi connectivity index (χ4v) is 3.76. The number of benzene rings is 2. The number of anilines is 1. The minimum absolute atomic E-state index is 0.0497. The fraction of sp³-hybridized carbons (Fsp3) is 0.227. The maximum atomic E-state index is 12.5. The molecule has 0 spiro atoms. The van der Waals surface area contributed by atoms with Crippen LogP contribution in [-0.2, 0) is 9.59 Å². The van der Waals surface area contributed by atoms with E-state index in [2.05, 4.69) is 5.32 Å². The number of aromatic nitrogens is 2. The molecule has 29 heavy (non-hydrogen) atoms. The highest BCUT2D eigenvalue weighted by atomic mass is 16.5. The lowest BCUT2D eigenvalue weighted by atomic mass is 9.86. The number of amides is 2. The zero-order valence-corrected chi connectivity index (χ0v) is 16.3. The Kier molecular flexibility index (Phi) is 4.80. The molecule has 0 radical (unpaired) electrons. The van der Waals surface area contributed by atoms with Gasteiger partial charge in [-0.1, -0.05) is 30.3 Å². The van der Waals surface area contributed by atoms with Crippen LogP contribution in [0.2, 0.25) is 0 Å². The van der Waals surface area contributed by atoms with Crippen molar-refractivity contribution >= 4 is 17.6 Å². The second-order valence-electron chi connectivity index (χ2n) is 7.17. The van der Waals surface area contributed by atoms with Gasteiger partial charge in [-0.25, -0.2) is 4.68 Å². The quantitative estimate of drug-likeness (QED) is 0.700. The van der Waals surface area contributed by atoms with E-state index in [0.29, 0.717) is 18.0 Å². The number of para-hydroxylation sites is 1. The maximum Gasteiger partial charge on any atom is 0.255 e. The van der Waals surface area contributed by atoms with Crippen LogP contribution in [0.4, 0.5) is 5.82 Å². The Hall–Kier alpha value is -3.61. The Morgan fingerprint density at radius 1 is 1.21 bits per heavy atom. The van der Waals surface area contributed by atoms with Crippen molar-refractivity contribution in [3.05, 3.63) is 70.9 Å². The van der Waals surface area contributed by atoms with Crippen LogP contribution in [-0.4, -0.2) is 28.2 Å². The molecule has 3 aromatic rings. The van der Waals surface area contributed by atoms with Gasteiger partial charge in [0.05, 0.1) is 11.4 Å². The van der Waals surface area contributed by atoms with Crippen LogP contribution >= 0.6 is 0 Å². The molecule has 2 heterocycles. The number of rotatable bonds is 5. The normalized spacial score (nSPS) is 15.5. The van der Waals surface area contributed by atoms with Gasteiger partial charge in [0.25, 0.3) is 5.91 Å². The molecule has 7 heteroatoms. The van der Waals surface area contributed by atoms with Gasteiger partial charge in [0, 0.05) is 17.9 Å². The van der Waals surface area contributed by atoms with Crippen LogP contribution in [0.15, 0.2) is 48.5 Å². The zero-order valence-electron chi connectivity index (χ0n) is 16.3. The largest absolute Gasteiger partial charge is 0.484 e. The lowest BCUT2D eigenvalue weighted by molar-refractivity contribution is -0.120. The second-order valence-corrected chi connectivity index (χ2v) is 7.17. The molecule has 0 saturated carbocycles. The summed E-state index contributed by atoms with van der Waals surface area (Å²) in [4.78, 5) is 23.4. The summed E-state index contributed by atoms with van der Waals surface area (Å²) in [7, 11) is 0. The first-order valence-corrected chi connectivity index (χ1v) is 9.40. The van der Waals surface area contributed by atoms with E-state index in [0.717, 1.165) is 28.1 Å².